The van der Waals surface area contributed by atoms with Crippen LogP contribution in [0.15, 0.2) is 72.9 Å². The molecular formula is C33H35N5O5. The van der Waals surface area contributed by atoms with Gasteiger partial charge in [0.25, 0.3) is 5.91 Å². The third kappa shape index (κ3) is 7.15. The Bertz CT molecular complexity index is 1600. The fraction of sp³-hybridized carbons (Fsp3) is 0.303. The maximum absolute atomic E-state index is 13.1. The van der Waals surface area contributed by atoms with Gasteiger partial charge in [0, 0.05) is 51.5 Å². The number of aryl methyl sites for hydroxylation is 1. The number of nitriles is 1. The number of para-hydroxylation sites is 1. The Morgan fingerprint density at radius 2 is 1.77 bits per heavy atom. The van der Waals surface area contributed by atoms with Gasteiger partial charge in [-0.1, -0.05) is 24.3 Å². The molecular weight excluding hydrogens is 546 g/mol. The normalized spacial score (nSPS) is 13.4. The van der Waals surface area contributed by atoms with Crippen molar-refractivity contribution >= 4 is 5.91 Å². The number of benzene rings is 3. The highest BCUT2D eigenvalue weighted by Crippen LogP contribution is 2.29. The molecule has 2 heterocycles. The average Bonchev–Trinajstić information content (AvgIpc) is 3.38. The highest BCUT2D eigenvalue weighted by molar-refractivity contribution is 5.97. The van der Waals surface area contributed by atoms with Crippen molar-refractivity contribution in [3.63, 3.8) is 0 Å². The van der Waals surface area contributed by atoms with Crippen molar-refractivity contribution in [1.29, 1.82) is 5.26 Å². The molecule has 222 valence electrons. The lowest BCUT2D eigenvalue weighted by atomic mass is 10.1. The van der Waals surface area contributed by atoms with Crippen molar-refractivity contribution in [3.05, 3.63) is 101 Å². The zero-order valence-corrected chi connectivity index (χ0v) is 24.4. The smallest absolute Gasteiger partial charge is 0.257 e. The number of amides is 1. The second-order valence-electron chi connectivity index (χ2n) is 10.2. The van der Waals surface area contributed by atoms with Crippen LogP contribution in [0, 0.1) is 18.3 Å². The van der Waals surface area contributed by atoms with Gasteiger partial charge in [-0.25, -0.2) is 4.98 Å². The minimum absolute atomic E-state index is 0.0127. The maximum Gasteiger partial charge on any atom is 0.257 e. The Morgan fingerprint density at radius 1 is 0.977 bits per heavy atom. The summed E-state index contributed by atoms with van der Waals surface area (Å²) in [5.41, 5.74) is 3.05. The summed E-state index contributed by atoms with van der Waals surface area (Å²) in [6, 6.07) is 22.2. The second-order valence-corrected chi connectivity index (χ2v) is 10.2. The van der Waals surface area contributed by atoms with E-state index < -0.39 is 0 Å². The van der Waals surface area contributed by atoms with Crippen molar-refractivity contribution in [3.8, 4) is 29.1 Å². The molecule has 0 spiro atoms. The molecule has 1 N–H and O–H groups in total. The second kappa shape index (κ2) is 13.9. The fourth-order valence-electron chi connectivity index (χ4n) is 5.13. The van der Waals surface area contributed by atoms with Crippen molar-refractivity contribution in [2.45, 2.75) is 20.0 Å². The molecule has 0 radical (unpaired) electrons. The average molecular weight is 582 g/mol. The third-order valence-electron chi connectivity index (χ3n) is 7.42. The first-order valence-electron chi connectivity index (χ1n) is 14.2. The van der Waals surface area contributed by atoms with Crippen molar-refractivity contribution in [2.24, 2.45) is 0 Å². The van der Waals surface area contributed by atoms with E-state index in [9.17, 15) is 10.1 Å². The van der Waals surface area contributed by atoms with E-state index in [1.165, 1.54) is 0 Å². The quantitative estimate of drug-likeness (QED) is 0.280. The molecule has 10 heteroatoms. The van der Waals surface area contributed by atoms with E-state index >= 15 is 0 Å². The van der Waals surface area contributed by atoms with Gasteiger partial charge in [0.2, 0.25) is 0 Å². The van der Waals surface area contributed by atoms with Crippen LogP contribution in [0.4, 0.5) is 0 Å². The molecule has 1 fully saturated rings. The summed E-state index contributed by atoms with van der Waals surface area (Å²) in [7, 11) is 1.58. The van der Waals surface area contributed by atoms with Gasteiger partial charge >= 0.3 is 0 Å². The van der Waals surface area contributed by atoms with E-state index in [1.807, 2.05) is 48.4 Å². The summed E-state index contributed by atoms with van der Waals surface area (Å²) >= 11 is 0. The zero-order valence-electron chi connectivity index (χ0n) is 24.4. The standard InChI is InChI=1S/C33H35N5O5/c1-24-35-21-27(23-36-12-14-37(15-13-36)33(40)30-8-3-4-9-31(30)41-2)38(24)22-25-10-11-26(20-34)32(18-25)43-29-7-5-6-28(19-29)42-17-16-39/h3-11,18-19,21,39H,12-17,22-23H2,1-2H3. The Balaban J connectivity index is 1.25. The summed E-state index contributed by atoms with van der Waals surface area (Å²) in [4.78, 5) is 21.9. The zero-order chi connectivity index (χ0) is 30.2. The van der Waals surface area contributed by atoms with Crippen LogP contribution in [0.2, 0.25) is 0 Å². The van der Waals surface area contributed by atoms with Crippen LogP contribution in [-0.2, 0) is 13.1 Å². The number of imidazole rings is 1. The van der Waals surface area contributed by atoms with Gasteiger partial charge in [0.05, 0.1) is 30.5 Å². The molecule has 1 amide bonds. The van der Waals surface area contributed by atoms with Gasteiger partial charge in [-0.05, 0) is 48.9 Å². The molecule has 1 aliphatic rings. The first kappa shape index (κ1) is 29.6. The summed E-state index contributed by atoms with van der Waals surface area (Å²) < 4.78 is 19.1. The molecule has 10 nitrogen and oxygen atoms in total. The van der Waals surface area contributed by atoms with Crippen LogP contribution < -0.4 is 14.2 Å². The van der Waals surface area contributed by atoms with Crippen LogP contribution in [0.25, 0.3) is 0 Å². The van der Waals surface area contributed by atoms with E-state index in [1.54, 1.807) is 43.5 Å². The number of aromatic nitrogens is 2. The van der Waals surface area contributed by atoms with Crippen LogP contribution >= 0.6 is 0 Å². The van der Waals surface area contributed by atoms with Gasteiger partial charge in [0.1, 0.15) is 41.5 Å². The molecule has 4 aromatic rings. The number of carbonyl (C=O) groups excluding carboxylic acids is 1. The molecule has 0 bridgehead atoms. The Morgan fingerprint density at radius 3 is 2.53 bits per heavy atom. The first-order chi connectivity index (χ1) is 21.0. The van der Waals surface area contributed by atoms with Crippen LogP contribution in [0.1, 0.15) is 33.0 Å². The minimum Gasteiger partial charge on any atom is -0.496 e. The monoisotopic (exact) mass is 581 g/mol. The Kier molecular flexibility index (Phi) is 9.56. The molecule has 1 saturated heterocycles. The SMILES string of the molecule is COc1ccccc1C(=O)N1CCN(Cc2cnc(C)n2Cc2ccc(C#N)c(Oc3cccc(OCCO)c3)c2)CC1. The molecule has 43 heavy (non-hydrogen) atoms. The lowest BCUT2D eigenvalue weighted by Crippen LogP contribution is -2.48. The summed E-state index contributed by atoms with van der Waals surface area (Å²) in [6.45, 7) is 6.12. The number of rotatable bonds is 11. The van der Waals surface area contributed by atoms with Crippen molar-refractivity contribution < 1.29 is 24.1 Å². The first-order valence-corrected chi connectivity index (χ1v) is 14.2. The molecule has 0 unspecified atom stereocenters. The summed E-state index contributed by atoms with van der Waals surface area (Å²) in [6.07, 6.45) is 1.90. The highest BCUT2D eigenvalue weighted by Gasteiger charge is 2.25. The number of methoxy groups -OCH3 is 1. The number of nitrogens with zero attached hydrogens (tertiary/aromatic N) is 5. The molecule has 0 aliphatic carbocycles. The van der Waals surface area contributed by atoms with Gasteiger partial charge in [0.15, 0.2) is 0 Å². The van der Waals surface area contributed by atoms with Crippen molar-refractivity contribution in [2.75, 3.05) is 46.5 Å². The minimum atomic E-state index is -0.0822. The number of hydrogen-bond acceptors (Lipinski definition) is 8. The lowest BCUT2D eigenvalue weighted by Gasteiger charge is -2.35. The molecule has 5 rings (SSSR count). The van der Waals surface area contributed by atoms with Gasteiger partial charge in [-0.15, -0.1) is 0 Å². The van der Waals surface area contributed by atoms with Crippen LogP contribution in [-0.4, -0.2) is 76.9 Å². The molecule has 3 aromatic carbocycles. The van der Waals surface area contributed by atoms with E-state index in [4.69, 9.17) is 19.3 Å². The third-order valence-corrected chi connectivity index (χ3v) is 7.42. The van der Waals surface area contributed by atoms with E-state index in [2.05, 4.69) is 20.5 Å². The Hall–Kier alpha value is -4.85. The number of aliphatic hydroxyl groups excluding tert-OH is 1. The molecule has 1 aromatic heterocycles. The number of piperazine rings is 1. The van der Waals surface area contributed by atoms with Gasteiger partial charge in [-0.2, -0.15) is 5.26 Å². The largest absolute Gasteiger partial charge is 0.496 e. The summed E-state index contributed by atoms with van der Waals surface area (Å²) in [5, 5.41) is 18.7. The van der Waals surface area contributed by atoms with Gasteiger partial charge in [-0.3, -0.25) is 9.69 Å². The van der Waals surface area contributed by atoms with E-state index in [0.29, 0.717) is 60.3 Å². The highest BCUT2D eigenvalue weighted by atomic mass is 16.5. The van der Waals surface area contributed by atoms with Crippen LogP contribution in [0.5, 0.6) is 23.0 Å². The fourth-order valence-corrected chi connectivity index (χ4v) is 5.13. The summed E-state index contributed by atoms with van der Waals surface area (Å²) in [5.74, 6) is 3.03. The predicted octanol–water partition coefficient (Wildman–Crippen LogP) is 4.24. The number of aliphatic hydroxyl groups is 1. The maximum atomic E-state index is 13.1. The van der Waals surface area contributed by atoms with Crippen LogP contribution in [0.3, 0.4) is 0 Å². The predicted molar refractivity (Wildman–Crippen MR) is 160 cm³/mol. The van der Waals surface area contributed by atoms with Crippen molar-refractivity contribution in [1.82, 2.24) is 19.4 Å². The van der Waals surface area contributed by atoms with Gasteiger partial charge < -0.3 is 28.8 Å². The Labute approximate surface area is 251 Å². The molecule has 0 saturated carbocycles. The molecule has 0 atom stereocenters. The van der Waals surface area contributed by atoms with E-state index in [0.717, 1.165) is 30.2 Å². The topological polar surface area (TPSA) is 113 Å². The number of carbonyl (C=O) groups is 1. The lowest BCUT2D eigenvalue weighted by molar-refractivity contribution is 0.0622. The number of ether oxygens (including phenoxy) is 3. The number of hydrogen-bond donors (Lipinski definition) is 1. The molecule has 1 aliphatic heterocycles. The van der Waals surface area contributed by atoms with E-state index in [-0.39, 0.29) is 19.1 Å².